The highest BCUT2D eigenvalue weighted by Crippen LogP contribution is 2.30. The molecule has 0 fully saturated rings. The lowest BCUT2D eigenvalue weighted by atomic mass is 9.81. The molecule has 0 aromatic carbocycles. The normalized spacial score (nSPS) is 17.5. The highest BCUT2D eigenvalue weighted by molar-refractivity contribution is 5.29. The van der Waals surface area contributed by atoms with Gasteiger partial charge in [0.05, 0.1) is 0 Å². The lowest BCUT2D eigenvalue weighted by molar-refractivity contribution is 0.251. The van der Waals surface area contributed by atoms with E-state index in [0.717, 1.165) is 29.7 Å². The molecule has 0 aliphatic heterocycles. The molecule has 0 radical (unpaired) electrons. The molecule has 0 heterocycles. The van der Waals surface area contributed by atoms with Gasteiger partial charge >= 0.3 is 0 Å². The van der Waals surface area contributed by atoms with Crippen LogP contribution in [0.15, 0.2) is 23.8 Å². The Morgan fingerprint density at radius 2 is 1.08 bits per heavy atom. The van der Waals surface area contributed by atoms with Crippen molar-refractivity contribution in [2.45, 2.75) is 161 Å². The zero-order valence-corrected chi connectivity index (χ0v) is 27.6. The van der Waals surface area contributed by atoms with Gasteiger partial charge < -0.3 is 0 Å². The van der Waals surface area contributed by atoms with Crippen molar-refractivity contribution in [3.63, 3.8) is 0 Å². The molecule has 0 saturated carbocycles. The van der Waals surface area contributed by atoms with Crippen LogP contribution >= 0.6 is 0 Å². The molecule has 0 nitrogen and oxygen atoms in total. The predicted molar refractivity (Wildman–Crippen MR) is 168 cm³/mol. The summed E-state index contributed by atoms with van der Waals surface area (Å²) in [5.74, 6) is 4.67. The molecule has 0 saturated heterocycles. The first-order chi connectivity index (χ1) is 16.9. The van der Waals surface area contributed by atoms with Crippen molar-refractivity contribution >= 4 is 0 Å². The minimum Gasteiger partial charge on any atom is -0.242 e. The second kappa shape index (κ2) is 24.7. The minimum atomic E-state index is -0.916. The highest BCUT2D eigenvalue weighted by atomic mass is 19.1. The van der Waals surface area contributed by atoms with Crippen molar-refractivity contribution in [1.82, 2.24) is 0 Å². The summed E-state index contributed by atoms with van der Waals surface area (Å²) < 4.78 is 15.0. The van der Waals surface area contributed by atoms with Gasteiger partial charge in [-0.1, -0.05) is 148 Å². The molecule has 0 rings (SSSR count). The van der Waals surface area contributed by atoms with Gasteiger partial charge in [0.1, 0.15) is 6.17 Å². The van der Waals surface area contributed by atoms with E-state index in [1.165, 1.54) is 44.9 Å². The molecule has 218 valence electrons. The Labute approximate surface area is 230 Å². The van der Waals surface area contributed by atoms with Crippen LogP contribution in [-0.4, -0.2) is 6.17 Å². The first-order valence-corrected chi connectivity index (χ1v) is 15.9. The molecule has 0 aliphatic rings. The Bertz CT molecular complexity index is 517. The van der Waals surface area contributed by atoms with E-state index < -0.39 is 6.17 Å². The van der Waals surface area contributed by atoms with Gasteiger partial charge in [0, 0.05) is 0 Å². The highest BCUT2D eigenvalue weighted by Gasteiger charge is 2.21. The second-order valence-corrected chi connectivity index (χ2v) is 11.9. The largest absolute Gasteiger partial charge is 0.242 e. The average Bonchev–Trinajstić information content (AvgIpc) is 2.88. The van der Waals surface area contributed by atoms with Crippen molar-refractivity contribution in [3.8, 4) is 0 Å². The van der Waals surface area contributed by atoms with Crippen LogP contribution in [0, 0.1) is 41.4 Å². The third-order valence-electron chi connectivity index (χ3n) is 8.46. The van der Waals surface area contributed by atoms with Gasteiger partial charge in [-0.25, -0.2) is 4.39 Å². The standard InChI is InChI=1S/C31H59F.2C2H6/c1-12-13-14-23(4)24(5)17-18-25(6)26(7)19-20-28(9)30(11)31(32)21-29(10)27(8)16-15-22(2)3;2*1-2/h20,22-27,29,31H,11-19,21H2,1-10H3;2*1-2H3/b28-20+;;. The fraction of sp³-hybridized carbons (Fsp3) is 0.886. The summed E-state index contributed by atoms with van der Waals surface area (Å²) in [6.45, 7) is 35.1. The number of hydrogen-bond acceptors (Lipinski definition) is 0. The van der Waals surface area contributed by atoms with Gasteiger partial charge in [-0.15, -0.1) is 0 Å². The average molecular weight is 511 g/mol. The Morgan fingerprint density at radius 1 is 0.667 bits per heavy atom. The summed E-state index contributed by atoms with van der Waals surface area (Å²) in [6, 6.07) is 0. The third kappa shape index (κ3) is 19.5. The molecule has 0 N–H and O–H groups in total. The molecular formula is C35H71F. The number of unbranched alkanes of at least 4 members (excludes halogenated alkanes) is 1. The number of hydrogen-bond donors (Lipinski definition) is 0. The van der Waals surface area contributed by atoms with Crippen LogP contribution in [0.25, 0.3) is 0 Å². The minimum absolute atomic E-state index is 0.397. The van der Waals surface area contributed by atoms with E-state index in [-0.39, 0.29) is 0 Å². The summed E-state index contributed by atoms with van der Waals surface area (Å²) >= 11 is 0. The summed E-state index contributed by atoms with van der Waals surface area (Å²) in [4.78, 5) is 0. The van der Waals surface area contributed by atoms with E-state index in [1.54, 1.807) is 0 Å². The van der Waals surface area contributed by atoms with Crippen LogP contribution < -0.4 is 0 Å². The van der Waals surface area contributed by atoms with E-state index in [1.807, 2.05) is 27.7 Å². The molecule has 0 aromatic heterocycles. The molecule has 0 bridgehead atoms. The molecule has 0 aliphatic carbocycles. The summed E-state index contributed by atoms with van der Waals surface area (Å²) in [6.07, 6.45) is 12.0. The number of alkyl halides is 1. The van der Waals surface area contributed by atoms with Crippen LogP contribution in [0.5, 0.6) is 0 Å². The van der Waals surface area contributed by atoms with Crippen molar-refractivity contribution in [2.24, 2.45) is 41.4 Å². The topological polar surface area (TPSA) is 0 Å². The first kappa shape index (κ1) is 39.9. The van der Waals surface area contributed by atoms with Gasteiger partial charge in [0.25, 0.3) is 0 Å². The predicted octanol–water partition coefficient (Wildman–Crippen LogP) is 12.9. The first-order valence-electron chi connectivity index (χ1n) is 15.9. The molecule has 36 heavy (non-hydrogen) atoms. The van der Waals surface area contributed by atoms with Crippen LogP contribution in [0.4, 0.5) is 4.39 Å². The smallest absolute Gasteiger partial charge is 0.125 e. The van der Waals surface area contributed by atoms with Gasteiger partial charge in [-0.05, 0) is 72.3 Å². The van der Waals surface area contributed by atoms with E-state index >= 15 is 0 Å². The zero-order chi connectivity index (χ0) is 28.8. The van der Waals surface area contributed by atoms with Crippen LogP contribution in [0.1, 0.15) is 155 Å². The van der Waals surface area contributed by atoms with E-state index in [2.05, 4.69) is 81.9 Å². The Kier molecular flexibility index (Phi) is 27.4. The second-order valence-electron chi connectivity index (χ2n) is 11.9. The van der Waals surface area contributed by atoms with E-state index in [4.69, 9.17) is 0 Å². The van der Waals surface area contributed by atoms with E-state index in [0.29, 0.717) is 35.7 Å². The van der Waals surface area contributed by atoms with Crippen molar-refractivity contribution in [1.29, 1.82) is 0 Å². The number of allylic oxidation sites excluding steroid dienone is 3. The third-order valence-corrected chi connectivity index (χ3v) is 8.46. The summed E-state index contributed by atoms with van der Waals surface area (Å²) in [7, 11) is 0. The zero-order valence-electron chi connectivity index (χ0n) is 27.6. The quantitative estimate of drug-likeness (QED) is 0.161. The van der Waals surface area contributed by atoms with Crippen molar-refractivity contribution < 1.29 is 4.39 Å². The number of rotatable bonds is 18. The molecule has 7 atom stereocenters. The van der Waals surface area contributed by atoms with Gasteiger partial charge in [0.15, 0.2) is 0 Å². The van der Waals surface area contributed by atoms with Gasteiger partial charge in [-0.3, -0.25) is 0 Å². The number of halogens is 1. The fourth-order valence-electron chi connectivity index (χ4n) is 4.46. The monoisotopic (exact) mass is 511 g/mol. The Morgan fingerprint density at radius 3 is 1.56 bits per heavy atom. The van der Waals surface area contributed by atoms with Crippen LogP contribution in [-0.2, 0) is 0 Å². The Balaban J connectivity index is -0.00000258. The maximum Gasteiger partial charge on any atom is 0.125 e. The lowest BCUT2D eigenvalue weighted by Crippen LogP contribution is -2.16. The van der Waals surface area contributed by atoms with Gasteiger partial charge in [-0.2, -0.15) is 0 Å². The Hall–Kier alpha value is -0.590. The van der Waals surface area contributed by atoms with Gasteiger partial charge in [0.2, 0.25) is 0 Å². The van der Waals surface area contributed by atoms with Crippen LogP contribution in [0.3, 0.4) is 0 Å². The maximum atomic E-state index is 15.0. The van der Waals surface area contributed by atoms with Crippen LogP contribution in [0.2, 0.25) is 0 Å². The molecule has 1 heteroatoms. The summed E-state index contributed by atoms with van der Waals surface area (Å²) in [5.41, 5.74) is 1.76. The molecular weight excluding hydrogens is 439 g/mol. The summed E-state index contributed by atoms with van der Waals surface area (Å²) in [5, 5.41) is 0. The maximum absolute atomic E-state index is 15.0. The van der Waals surface area contributed by atoms with Crippen molar-refractivity contribution in [3.05, 3.63) is 23.8 Å². The molecule has 7 unspecified atom stereocenters. The molecule has 0 amide bonds. The fourth-order valence-corrected chi connectivity index (χ4v) is 4.46. The van der Waals surface area contributed by atoms with E-state index in [9.17, 15) is 4.39 Å². The molecule has 0 spiro atoms. The lowest BCUT2D eigenvalue weighted by Gasteiger charge is -2.25. The van der Waals surface area contributed by atoms with Crippen molar-refractivity contribution in [2.75, 3.05) is 0 Å². The SMILES string of the molecule is C=C(/C(C)=C/CC(C)C(C)CCC(C)C(C)CCCC)C(F)CC(C)C(C)CCC(C)C.CC.CC. The molecule has 0 aromatic rings.